The number of allylic oxidation sites excluding steroid dienone is 2. The van der Waals surface area contributed by atoms with Crippen LogP contribution in [0.4, 0.5) is 0 Å². The fraction of sp³-hybridized carbons (Fsp3) is 0.667. The number of carbonyl (C=O) groups excluding carboxylic acids is 1. The Morgan fingerprint density at radius 3 is 2.67 bits per heavy atom. The average Bonchev–Trinajstić information content (AvgIpc) is 2.03. The molecule has 1 atom stereocenters. The summed E-state index contributed by atoms with van der Waals surface area (Å²) in [6, 6.07) is 0. The lowest BCUT2D eigenvalue weighted by atomic mass is 10.1. The summed E-state index contributed by atoms with van der Waals surface area (Å²) in [6.07, 6.45) is 4.45. The SMILES string of the molecule is C/C=C/[C@H](C)CC(=O)N(C)OC. The van der Waals surface area contributed by atoms with Crippen LogP contribution in [0.1, 0.15) is 20.3 Å². The molecule has 0 saturated heterocycles. The van der Waals surface area contributed by atoms with E-state index in [-0.39, 0.29) is 11.8 Å². The second-order valence-corrected chi connectivity index (χ2v) is 2.78. The summed E-state index contributed by atoms with van der Waals surface area (Å²) < 4.78 is 0. The van der Waals surface area contributed by atoms with Crippen LogP contribution in [0.15, 0.2) is 12.2 Å². The minimum Gasteiger partial charge on any atom is -0.275 e. The average molecular weight is 171 g/mol. The van der Waals surface area contributed by atoms with E-state index in [0.717, 1.165) is 0 Å². The monoisotopic (exact) mass is 171 g/mol. The molecule has 0 bridgehead atoms. The molecule has 1 amide bonds. The van der Waals surface area contributed by atoms with Crippen molar-refractivity contribution in [2.24, 2.45) is 5.92 Å². The Morgan fingerprint density at radius 2 is 2.25 bits per heavy atom. The minimum absolute atomic E-state index is 0.00287. The molecule has 3 nitrogen and oxygen atoms in total. The van der Waals surface area contributed by atoms with Crippen molar-refractivity contribution in [1.82, 2.24) is 5.06 Å². The Kier molecular flexibility index (Phi) is 5.37. The standard InChI is InChI=1S/C9H17NO2/c1-5-6-8(2)7-9(11)10(3)12-4/h5-6,8H,7H2,1-4H3/b6-5+/t8-/m0/s1. The van der Waals surface area contributed by atoms with Crippen molar-refractivity contribution in [1.29, 1.82) is 0 Å². The molecule has 0 rings (SSSR count). The predicted molar refractivity (Wildman–Crippen MR) is 48.4 cm³/mol. The third-order valence-electron chi connectivity index (χ3n) is 1.64. The highest BCUT2D eigenvalue weighted by atomic mass is 16.7. The Labute approximate surface area is 74.0 Å². The van der Waals surface area contributed by atoms with Gasteiger partial charge in [-0.1, -0.05) is 19.1 Å². The molecule has 0 unspecified atom stereocenters. The number of rotatable bonds is 4. The van der Waals surface area contributed by atoms with Crippen molar-refractivity contribution in [2.45, 2.75) is 20.3 Å². The van der Waals surface area contributed by atoms with E-state index < -0.39 is 0 Å². The number of nitrogens with zero attached hydrogens (tertiary/aromatic N) is 1. The predicted octanol–water partition coefficient (Wildman–Crippen LogP) is 1.61. The van der Waals surface area contributed by atoms with Crippen LogP contribution in [0, 0.1) is 5.92 Å². The smallest absolute Gasteiger partial charge is 0.246 e. The maximum Gasteiger partial charge on any atom is 0.246 e. The van der Waals surface area contributed by atoms with E-state index in [1.165, 1.54) is 12.2 Å². The first-order valence-corrected chi connectivity index (χ1v) is 4.05. The normalized spacial score (nSPS) is 13.3. The quantitative estimate of drug-likeness (QED) is 0.475. The Morgan fingerprint density at radius 1 is 1.67 bits per heavy atom. The van der Waals surface area contributed by atoms with Crippen LogP contribution in [0.25, 0.3) is 0 Å². The lowest BCUT2D eigenvalue weighted by Gasteiger charge is -2.14. The van der Waals surface area contributed by atoms with Gasteiger partial charge in [0, 0.05) is 13.5 Å². The number of hydroxylamine groups is 2. The maximum atomic E-state index is 11.2. The molecule has 0 aromatic carbocycles. The molecular weight excluding hydrogens is 154 g/mol. The number of carbonyl (C=O) groups is 1. The minimum atomic E-state index is 0.00287. The van der Waals surface area contributed by atoms with Crippen molar-refractivity contribution in [3.05, 3.63) is 12.2 Å². The van der Waals surface area contributed by atoms with Gasteiger partial charge in [-0.15, -0.1) is 0 Å². The first-order chi connectivity index (χ1) is 5.61. The maximum absolute atomic E-state index is 11.2. The fourth-order valence-corrected chi connectivity index (χ4v) is 0.902. The molecule has 0 saturated carbocycles. The molecule has 0 aliphatic heterocycles. The van der Waals surface area contributed by atoms with Gasteiger partial charge < -0.3 is 0 Å². The van der Waals surface area contributed by atoms with Crippen LogP contribution in [0.3, 0.4) is 0 Å². The summed E-state index contributed by atoms with van der Waals surface area (Å²) in [5, 5.41) is 1.25. The zero-order valence-corrected chi connectivity index (χ0v) is 8.20. The van der Waals surface area contributed by atoms with Crippen LogP contribution in [-0.2, 0) is 9.63 Å². The van der Waals surface area contributed by atoms with E-state index in [4.69, 9.17) is 4.84 Å². The van der Waals surface area contributed by atoms with Crippen molar-refractivity contribution in [2.75, 3.05) is 14.2 Å². The third kappa shape index (κ3) is 4.13. The summed E-state index contributed by atoms with van der Waals surface area (Å²) in [5.41, 5.74) is 0. The van der Waals surface area contributed by atoms with Gasteiger partial charge in [0.1, 0.15) is 0 Å². The van der Waals surface area contributed by atoms with E-state index >= 15 is 0 Å². The first-order valence-electron chi connectivity index (χ1n) is 4.05. The molecule has 12 heavy (non-hydrogen) atoms. The molecule has 0 fully saturated rings. The lowest BCUT2D eigenvalue weighted by molar-refractivity contribution is -0.169. The molecular formula is C9H17NO2. The van der Waals surface area contributed by atoms with Crippen molar-refractivity contribution in [3.63, 3.8) is 0 Å². The zero-order valence-electron chi connectivity index (χ0n) is 8.20. The summed E-state index contributed by atoms with van der Waals surface area (Å²) in [7, 11) is 3.10. The van der Waals surface area contributed by atoms with Gasteiger partial charge in [-0.2, -0.15) is 0 Å². The Bertz CT molecular complexity index is 166. The molecule has 0 spiro atoms. The molecule has 0 N–H and O–H groups in total. The van der Waals surface area contributed by atoms with Crippen LogP contribution >= 0.6 is 0 Å². The van der Waals surface area contributed by atoms with Crippen molar-refractivity contribution >= 4 is 5.91 Å². The summed E-state index contributed by atoms with van der Waals surface area (Å²) in [6.45, 7) is 3.95. The first kappa shape index (κ1) is 11.2. The van der Waals surface area contributed by atoms with E-state index in [9.17, 15) is 4.79 Å². The van der Waals surface area contributed by atoms with Crippen molar-refractivity contribution < 1.29 is 9.63 Å². The second-order valence-electron chi connectivity index (χ2n) is 2.78. The number of amides is 1. The van der Waals surface area contributed by atoms with Gasteiger partial charge in [0.25, 0.3) is 0 Å². The summed E-state index contributed by atoms with van der Waals surface area (Å²) in [4.78, 5) is 16.0. The molecule has 0 radical (unpaired) electrons. The highest BCUT2D eigenvalue weighted by Gasteiger charge is 2.10. The van der Waals surface area contributed by atoms with Gasteiger partial charge in [-0.05, 0) is 12.8 Å². The highest BCUT2D eigenvalue weighted by molar-refractivity contribution is 5.75. The Hall–Kier alpha value is -0.830. The van der Waals surface area contributed by atoms with Gasteiger partial charge in [-0.3, -0.25) is 9.63 Å². The number of hydrogen-bond donors (Lipinski definition) is 0. The zero-order chi connectivity index (χ0) is 9.56. The van der Waals surface area contributed by atoms with E-state index in [1.54, 1.807) is 7.05 Å². The second kappa shape index (κ2) is 5.77. The van der Waals surface area contributed by atoms with Gasteiger partial charge >= 0.3 is 0 Å². The molecule has 0 aliphatic carbocycles. The molecule has 0 aromatic heterocycles. The lowest BCUT2D eigenvalue weighted by Crippen LogP contribution is -2.26. The van der Waals surface area contributed by atoms with E-state index in [2.05, 4.69) is 0 Å². The largest absolute Gasteiger partial charge is 0.275 e. The molecule has 3 heteroatoms. The Balaban J connectivity index is 3.83. The molecule has 0 heterocycles. The highest BCUT2D eigenvalue weighted by Crippen LogP contribution is 2.05. The summed E-state index contributed by atoms with van der Waals surface area (Å²) >= 11 is 0. The fourth-order valence-electron chi connectivity index (χ4n) is 0.902. The topological polar surface area (TPSA) is 29.5 Å². The van der Waals surface area contributed by atoms with Crippen LogP contribution in [0.2, 0.25) is 0 Å². The van der Waals surface area contributed by atoms with Gasteiger partial charge in [0.15, 0.2) is 0 Å². The molecule has 0 aliphatic rings. The third-order valence-corrected chi connectivity index (χ3v) is 1.64. The molecule has 70 valence electrons. The van der Waals surface area contributed by atoms with Crippen LogP contribution < -0.4 is 0 Å². The van der Waals surface area contributed by atoms with E-state index in [0.29, 0.717) is 6.42 Å². The van der Waals surface area contributed by atoms with E-state index in [1.807, 2.05) is 26.0 Å². The van der Waals surface area contributed by atoms with Gasteiger partial charge in [0.2, 0.25) is 5.91 Å². The molecule has 0 aromatic rings. The van der Waals surface area contributed by atoms with Gasteiger partial charge in [0.05, 0.1) is 7.11 Å². The summed E-state index contributed by atoms with van der Waals surface area (Å²) in [5.74, 6) is 0.281. The van der Waals surface area contributed by atoms with Gasteiger partial charge in [-0.25, -0.2) is 5.06 Å². The van der Waals surface area contributed by atoms with Crippen LogP contribution in [-0.4, -0.2) is 25.1 Å². The van der Waals surface area contributed by atoms with Crippen LogP contribution in [0.5, 0.6) is 0 Å². The number of hydrogen-bond acceptors (Lipinski definition) is 2. The van der Waals surface area contributed by atoms with Crippen molar-refractivity contribution in [3.8, 4) is 0 Å².